The summed E-state index contributed by atoms with van der Waals surface area (Å²) in [7, 11) is 0. The maximum atomic E-state index is 12.9. The van der Waals surface area contributed by atoms with Crippen molar-refractivity contribution in [1.82, 2.24) is 10.3 Å². The molecule has 1 unspecified atom stereocenters. The summed E-state index contributed by atoms with van der Waals surface area (Å²) < 4.78 is 0. The van der Waals surface area contributed by atoms with E-state index in [1.807, 2.05) is 25.1 Å². The summed E-state index contributed by atoms with van der Waals surface area (Å²) in [6, 6.07) is 17.5. The highest BCUT2D eigenvalue weighted by Gasteiger charge is 2.25. The van der Waals surface area contributed by atoms with Gasteiger partial charge in [0.05, 0.1) is 11.3 Å². The predicted octanol–water partition coefficient (Wildman–Crippen LogP) is 3.82. The van der Waals surface area contributed by atoms with Gasteiger partial charge in [0.2, 0.25) is 0 Å². The fourth-order valence-corrected chi connectivity index (χ4v) is 4.07. The molecular weight excluding hydrogens is 388 g/mol. The van der Waals surface area contributed by atoms with E-state index in [4.69, 9.17) is 0 Å². The van der Waals surface area contributed by atoms with E-state index in [2.05, 4.69) is 45.6 Å². The van der Waals surface area contributed by atoms with Crippen LogP contribution in [-0.2, 0) is 6.42 Å². The number of pyridine rings is 1. The molecule has 0 spiro atoms. The summed E-state index contributed by atoms with van der Waals surface area (Å²) >= 11 is 0. The number of fused-ring (bicyclic) bond motifs is 1. The number of carbonyl (C=O) groups excluding carboxylic acids is 2. The number of carbonyl (C=O) groups is 2. The van der Waals surface area contributed by atoms with Gasteiger partial charge in [0.1, 0.15) is 0 Å². The van der Waals surface area contributed by atoms with Gasteiger partial charge in [-0.15, -0.1) is 0 Å². The van der Waals surface area contributed by atoms with E-state index in [-0.39, 0.29) is 11.8 Å². The maximum Gasteiger partial charge on any atom is 0.255 e. The molecule has 158 valence electrons. The molecule has 0 saturated carbocycles. The molecule has 1 aliphatic rings. The molecule has 2 aromatic carbocycles. The molecule has 0 fully saturated rings. The third-order valence-electron chi connectivity index (χ3n) is 5.69. The number of hydrogen-bond donors (Lipinski definition) is 2. The van der Waals surface area contributed by atoms with Crippen LogP contribution in [0, 0.1) is 6.92 Å². The number of hydrogen-bond acceptors (Lipinski definition) is 4. The zero-order chi connectivity index (χ0) is 21.8. The molecule has 6 nitrogen and oxygen atoms in total. The monoisotopic (exact) mass is 414 g/mol. The Morgan fingerprint density at radius 1 is 1.03 bits per heavy atom. The van der Waals surface area contributed by atoms with Crippen LogP contribution < -0.4 is 15.5 Å². The number of benzene rings is 2. The minimum absolute atomic E-state index is 0.200. The molecule has 1 aromatic heterocycles. The van der Waals surface area contributed by atoms with E-state index in [1.165, 1.54) is 11.3 Å². The maximum absolute atomic E-state index is 12.9. The topological polar surface area (TPSA) is 74.3 Å². The second-order valence-electron chi connectivity index (χ2n) is 7.82. The molecule has 2 N–H and O–H groups in total. The van der Waals surface area contributed by atoms with Gasteiger partial charge in [0, 0.05) is 42.8 Å². The molecule has 3 aromatic rings. The predicted molar refractivity (Wildman–Crippen MR) is 123 cm³/mol. The van der Waals surface area contributed by atoms with Crippen molar-refractivity contribution in [2.75, 3.05) is 23.3 Å². The van der Waals surface area contributed by atoms with Crippen LogP contribution >= 0.6 is 0 Å². The highest BCUT2D eigenvalue weighted by atomic mass is 16.2. The van der Waals surface area contributed by atoms with E-state index in [0.717, 1.165) is 18.5 Å². The van der Waals surface area contributed by atoms with Crippen molar-refractivity contribution in [3.8, 4) is 0 Å². The van der Waals surface area contributed by atoms with Crippen molar-refractivity contribution in [3.05, 3.63) is 89.2 Å². The Morgan fingerprint density at radius 3 is 2.61 bits per heavy atom. The van der Waals surface area contributed by atoms with E-state index in [1.54, 1.807) is 30.6 Å². The number of aryl methyl sites for hydroxylation is 1. The summed E-state index contributed by atoms with van der Waals surface area (Å²) in [5.74, 6) is -0.470. The molecule has 0 aliphatic carbocycles. The molecule has 0 radical (unpaired) electrons. The minimum Gasteiger partial charge on any atom is -0.367 e. The van der Waals surface area contributed by atoms with E-state index < -0.39 is 0 Å². The zero-order valence-corrected chi connectivity index (χ0v) is 17.8. The molecular formula is C25H26N4O2. The lowest BCUT2D eigenvalue weighted by Crippen LogP contribution is -2.38. The zero-order valence-electron chi connectivity index (χ0n) is 17.8. The van der Waals surface area contributed by atoms with Crippen LogP contribution in [0.1, 0.15) is 38.8 Å². The normalized spacial score (nSPS) is 14.8. The molecule has 6 heteroatoms. The van der Waals surface area contributed by atoms with Gasteiger partial charge < -0.3 is 15.5 Å². The average Bonchev–Trinajstić information content (AvgIpc) is 3.10. The number of nitrogens with one attached hydrogen (secondary N) is 2. The second-order valence-corrected chi connectivity index (χ2v) is 7.82. The average molecular weight is 415 g/mol. The number of rotatable bonds is 6. The Kier molecular flexibility index (Phi) is 5.98. The molecule has 1 atom stereocenters. The third-order valence-corrected chi connectivity index (χ3v) is 5.69. The largest absolute Gasteiger partial charge is 0.367 e. The van der Waals surface area contributed by atoms with Gasteiger partial charge in [0.15, 0.2) is 0 Å². The van der Waals surface area contributed by atoms with Crippen LogP contribution in [-0.4, -0.2) is 35.9 Å². The van der Waals surface area contributed by atoms with Gasteiger partial charge in [-0.05, 0) is 55.7 Å². The van der Waals surface area contributed by atoms with Crippen molar-refractivity contribution in [3.63, 3.8) is 0 Å². The highest BCUT2D eigenvalue weighted by molar-refractivity contribution is 6.09. The van der Waals surface area contributed by atoms with Crippen molar-refractivity contribution < 1.29 is 9.59 Å². The van der Waals surface area contributed by atoms with E-state index in [9.17, 15) is 9.59 Å². The van der Waals surface area contributed by atoms with Crippen molar-refractivity contribution >= 4 is 23.2 Å². The number of anilines is 2. The Balaban J connectivity index is 1.43. The van der Waals surface area contributed by atoms with Crippen LogP contribution in [0.25, 0.3) is 0 Å². The molecule has 2 heterocycles. The lowest BCUT2D eigenvalue weighted by molar-refractivity contribution is 0.0955. The van der Waals surface area contributed by atoms with Crippen LogP contribution in [0.3, 0.4) is 0 Å². The van der Waals surface area contributed by atoms with Gasteiger partial charge >= 0.3 is 0 Å². The lowest BCUT2D eigenvalue weighted by Gasteiger charge is -2.25. The van der Waals surface area contributed by atoms with Crippen molar-refractivity contribution in [2.24, 2.45) is 0 Å². The number of amides is 2. The highest BCUT2D eigenvalue weighted by Crippen LogP contribution is 2.31. The van der Waals surface area contributed by atoms with Gasteiger partial charge in [-0.25, -0.2) is 0 Å². The molecule has 2 amide bonds. The first-order chi connectivity index (χ1) is 15.0. The fourth-order valence-electron chi connectivity index (χ4n) is 4.07. The van der Waals surface area contributed by atoms with Crippen LogP contribution in [0.2, 0.25) is 0 Å². The van der Waals surface area contributed by atoms with Crippen molar-refractivity contribution in [2.45, 2.75) is 26.3 Å². The van der Waals surface area contributed by atoms with Crippen LogP contribution in [0.4, 0.5) is 11.4 Å². The Morgan fingerprint density at radius 2 is 1.81 bits per heavy atom. The smallest absolute Gasteiger partial charge is 0.255 e. The van der Waals surface area contributed by atoms with Crippen molar-refractivity contribution in [1.29, 1.82) is 0 Å². The summed E-state index contributed by atoms with van der Waals surface area (Å²) in [6.45, 7) is 5.33. The third kappa shape index (κ3) is 4.43. The van der Waals surface area contributed by atoms with E-state index in [0.29, 0.717) is 29.4 Å². The first-order valence-electron chi connectivity index (χ1n) is 10.5. The minimum atomic E-state index is -0.270. The number of nitrogens with zero attached hydrogens (tertiary/aromatic N) is 2. The summed E-state index contributed by atoms with van der Waals surface area (Å²) in [5, 5.41) is 5.91. The summed E-state index contributed by atoms with van der Waals surface area (Å²) in [5.41, 5.74) is 4.90. The van der Waals surface area contributed by atoms with Gasteiger partial charge in [-0.2, -0.15) is 0 Å². The first kappa shape index (κ1) is 20.6. The summed E-state index contributed by atoms with van der Waals surface area (Å²) in [4.78, 5) is 31.8. The quantitative estimate of drug-likeness (QED) is 0.643. The van der Waals surface area contributed by atoms with Gasteiger partial charge in [-0.3, -0.25) is 14.6 Å². The standard InChI is InChI=1S/C25H26N4O2/c1-17-6-5-8-21(23(17)28-24(30)19-10-12-26-13-11-19)25(31)27-14-15-29-18(2)16-20-7-3-4-9-22(20)29/h3-13,18H,14-16H2,1-2H3,(H,27,31)(H,28,30). The van der Waals surface area contributed by atoms with Gasteiger partial charge in [0.25, 0.3) is 11.8 Å². The first-order valence-corrected chi connectivity index (χ1v) is 10.5. The van der Waals surface area contributed by atoms with Gasteiger partial charge in [-0.1, -0.05) is 30.3 Å². The molecule has 0 saturated heterocycles. The molecule has 4 rings (SSSR count). The van der Waals surface area contributed by atoms with E-state index >= 15 is 0 Å². The summed E-state index contributed by atoms with van der Waals surface area (Å²) in [6.07, 6.45) is 4.16. The Hall–Kier alpha value is -3.67. The Labute approximate surface area is 182 Å². The van der Waals surface area contributed by atoms with Crippen LogP contribution in [0.15, 0.2) is 67.0 Å². The SMILES string of the molecule is Cc1cccc(C(=O)NCCN2c3ccccc3CC2C)c1NC(=O)c1ccncc1. The number of para-hydroxylation sites is 2. The lowest BCUT2D eigenvalue weighted by atomic mass is 10.1. The second kappa shape index (κ2) is 9.00. The molecule has 31 heavy (non-hydrogen) atoms. The Bertz CT molecular complexity index is 1100. The van der Waals surface area contributed by atoms with Crippen LogP contribution in [0.5, 0.6) is 0 Å². The number of aromatic nitrogens is 1. The molecule has 1 aliphatic heterocycles. The molecule has 0 bridgehead atoms. The fraction of sp³-hybridized carbons (Fsp3) is 0.240.